The van der Waals surface area contributed by atoms with Gasteiger partial charge in [-0.1, -0.05) is 0 Å². The molecular formula is C7H6N2O2. The average molecular weight is 150 g/mol. The molecule has 2 rings (SSSR count). The van der Waals surface area contributed by atoms with Crippen molar-refractivity contribution >= 4 is 11.0 Å². The van der Waals surface area contributed by atoms with Crippen LogP contribution in [0.3, 0.4) is 0 Å². The van der Waals surface area contributed by atoms with E-state index >= 15 is 0 Å². The maximum absolute atomic E-state index is 11.2. The Hall–Kier alpha value is -1.58. The summed E-state index contributed by atoms with van der Waals surface area (Å²) in [6.07, 6.45) is 3.08. The molecule has 0 amide bonds. The van der Waals surface area contributed by atoms with Gasteiger partial charge in [0, 0.05) is 12.4 Å². The van der Waals surface area contributed by atoms with Crippen molar-refractivity contribution in [1.29, 1.82) is 0 Å². The van der Waals surface area contributed by atoms with Crippen molar-refractivity contribution in [3.05, 3.63) is 28.9 Å². The van der Waals surface area contributed by atoms with Gasteiger partial charge in [-0.2, -0.15) is 5.10 Å². The number of rotatable bonds is 0. The van der Waals surface area contributed by atoms with Crippen LogP contribution < -0.4 is 5.56 Å². The van der Waals surface area contributed by atoms with Gasteiger partial charge in [0.05, 0.1) is 12.5 Å². The molecule has 0 aliphatic carbocycles. The average Bonchev–Trinajstić information content (AvgIpc) is 2.45. The minimum absolute atomic E-state index is 0.201. The molecule has 0 unspecified atom stereocenters. The molecular weight excluding hydrogens is 144 g/mol. The van der Waals surface area contributed by atoms with Crippen LogP contribution in [0.4, 0.5) is 0 Å². The smallest absolute Gasteiger partial charge is 0.310 e. The summed E-state index contributed by atoms with van der Waals surface area (Å²) >= 11 is 0. The summed E-state index contributed by atoms with van der Waals surface area (Å²) in [6, 6.07) is 1.71. The molecule has 4 nitrogen and oxygen atoms in total. The molecule has 2 aromatic rings. The second-order valence-corrected chi connectivity index (χ2v) is 2.28. The van der Waals surface area contributed by atoms with Crippen LogP contribution in [0.1, 0.15) is 0 Å². The summed E-state index contributed by atoms with van der Waals surface area (Å²) < 4.78 is 6.20. The van der Waals surface area contributed by atoms with Crippen molar-refractivity contribution in [1.82, 2.24) is 9.78 Å². The van der Waals surface area contributed by atoms with Crippen molar-refractivity contribution in [2.45, 2.75) is 0 Å². The van der Waals surface area contributed by atoms with E-state index in [0.717, 1.165) is 5.39 Å². The van der Waals surface area contributed by atoms with Gasteiger partial charge in [0.1, 0.15) is 0 Å². The molecule has 0 bridgehead atoms. The first kappa shape index (κ1) is 6.15. The van der Waals surface area contributed by atoms with Crippen LogP contribution in [-0.4, -0.2) is 9.78 Å². The van der Waals surface area contributed by atoms with Crippen molar-refractivity contribution in [3.63, 3.8) is 0 Å². The zero-order valence-corrected chi connectivity index (χ0v) is 5.94. The van der Waals surface area contributed by atoms with Gasteiger partial charge in [-0.05, 0) is 6.07 Å². The summed E-state index contributed by atoms with van der Waals surface area (Å²) in [5.41, 5.74) is 0.162. The molecule has 56 valence electrons. The van der Waals surface area contributed by atoms with E-state index in [1.807, 2.05) is 0 Å². The Labute approximate surface area is 62.1 Å². The van der Waals surface area contributed by atoms with Gasteiger partial charge >= 0.3 is 5.56 Å². The quantitative estimate of drug-likeness (QED) is 0.550. The molecule has 0 saturated heterocycles. The third-order valence-corrected chi connectivity index (χ3v) is 1.55. The summed E-state index contributed by atoms with van der Waals surface area (Å²) in [5, 5.41) is 4.57. The Morgan fingerprint density at radius 1 is 1.64 bits per heavy atom. The number of fused-ring (bicyclic) bond motifs is 1. The summed E-state index contributed by atoms with van der Waals surface area (Å²) in [5.74, 6) is 0. The van der Waals surface area contributed by atoms with E-state index in [0.29, 0.717) is 5.58 Å². The first-order valence-corrected chi connectivity index (χ1v) is 3.18. The van der Waals surface area contributed by atoms with Crippen LogP contribution in [0.15, 0.2) is 27.7 Å². The highest BCUT2D eigenvalue weighted by atomic mass is 16.3. The molecule has 0 aliphatic heterocycles. The maximum atomic E-state index is 11.2. The second-order valence-electron chi connectivity index (χ2n) is 2.28. The molecule has 0 fully saturated rings. The predicted octanol–water partition coefficient (Wildman–Crippen LogP) is 0.526. The van der Waals surface area contributed by atoms with E-state index in [1.54, 1.807) is 19.3 Å². The summed E-state index contributed by atoms with van der Waals surface area (Å²) in [7, 11) is 1.59. The maximum Gasteiger partial charge on any atom is 0.310 e. The topological polar surface area (TPSA) is 48.0 Å². The molecule has 0 aliphatic rings. The van der Waals surface area contributed by atoms with Crippen molar-refractivity contribution in [2.75, 3.05) is 0 Å². The monoisotopic (exact) mass is 150 g/mol. The Morgan fingerprint density at radius 2 is 2.45 bits per heavy atom. The molecule has 0 N–H and O–H groups in total. The first-order chi connectivity index (χ1) is 5.29. The van der Waals surface area contributed by atoms with Gasteiger partial charge in [0.15, 0.2) is 0 Å². The Bertz CT molecular complexity index is 441. The van der Waals surface area contributed by atoms with E-state index in [-0.39, 0.29) is 5.56 Å². The fourth-order valence-electron chi connectivity index (χ4n) is 0.943. The lowest BCUT2D eigenvalue weighted by Crippen LogP contribution is -2.17. The molecule has 0 spiro atoms. The van der Waals surface area contributed by atoms with Crippen LogP contribution in [0.2, 0.25) is 0 Å². The van der Waals surface area contributed by atoms with Gasteiger partial charge in [0.2, 0.25) is 5.58 Å². The van der Waals surface area contributed by atoms with E-state index in [9.17, 15) is 4.79 Å². The molecule has 2 aromatic heterocycles. The van der Waals surface area contributed by atoms with Crippen molar-refractivity contribution in [2.24, 2.45) is 7.05 Å². The first-order valence-electron chi connectivity index (χ1n) is 3.18. The summed E-state index contributed by atoms with van der Waals surface area (Å²) in [6.45, 7) is 0. The van der Waals surface area contributed by atoms with Crippen molar-refractivity contribution < 1.29 is 4.42 Å². The van der Waals surface area contributed by atoms with Gasteiger partial charge in [-0.25, -0.2) is 4.68 Å². The predicted molar refractivity (Wildman–Crippen MR) is 39.3 cm³/mol. The minimum Gasteiger partial charge on any atom is -0.458 e. The van der Waals surface area contributed by atoms with Gasteiger partial charge in [0.25, 0.3) is 0 Å². The van der Waals surface area contributed by atoms with Crippen LogP contribution in [0.5, 0.6) is 0 Å². The van der Waals surface area contributed by atoms with E-state index < -0.39 is 0 Å². The normalized spacial score (nSPS) is 10.6. The number of aromatic nitrogens is 2. The molecule has 4 heteroatoms. The zero-order chi connectivity index (χ0) is 7.84. The minimum atomic E-state index is -0.201. The van der Waals surface area contributed by atoms with Crippen LogP contribution in [0, 0.1) is 0 Å². The second kappa shape index (κ2) is 1.95. The third kappa shape index (κ3) is 0.756. The fraction of sp³-hybridized carbons (Fsp3) is 0.143. The lowest BCUT2D eigenvalue weighted by Gasteiger charge is -1.91. The molecule has 0 radical (unpaired) electrons. The van der Waals surface area contributed by atoms with E-state index in [2.05, 4.69) is 5.10 Å². The zero-order valence-electron chi connectivity index (χ0n) is 5.94. The molecule has 11 heavy (non-hydrogen) atoms. The number of nitrogens with zero attached hydrogens (tertiary/aromatic N) is 2. The lowest BCUT2D eigenvalue weighted by atomic mass is 10.4. The highest BCUT2D eigenvalue weighted by Gasteiger charge is 2.02. The number of hydrogen-bond acceptors (Lipinski definition) is 3. The van der Waals surface area contributed by atoms with Crippen molar-refractivity contribution in [3.8, 4) is 0 Å². The third-order valence-electron chi connectivity index (χ3n) is 1.55. The molecule has 0 saturated carbocycles. The number of furan rings is 1. The van der Waals surface area contributed by atoms with E-state index in [4.69, 9.17) is 4.42 Å². The summed E-state index contributed by atoms with van der Waals surface area (Å²) in [4.78, 5) is 11.2. The Balaban J connectivity index is 3.05. The van der Waals surface area contributed by atoms with Gasteiger partial charge in [-0.3, -0.25) is 4.79 Å². The Kier molecular flexibility index (Phi) is 1.09. The Morgan fingerprint density at radius 3 is 3.27 bits per heavy atom. The number of hydrogen-bond donors (Lipinski definition) is 0. The highest BCUT2D eigenvalue weighted by molar-refractivity contribution is 5.74. The molecule has 0 aromatic carbocycles. The van der Waals surface area contributed by atoms with Gasteiger partial charge in [-0.15, -0.1) is 0 Å². The van der Waals surface area contributed by atoms with Crippen LogP contribution in [0.25, 0.3) is 11.0 Å². The number of aryl methyl sites for hydroxylation is 1. The lowest BCUT2D eigenvalue weighted by molar-refractivity contribution is 0.596. The highest BCUT2D eigenvalue weighted by Crippen LogP contribution is 2.06. The van der Waals surface area contributed by atoms with Crippen LogP contribution in [-0.2, 0) is 7.05 Å². The molecule has 2 heterocycles. The standard InChI is InChI=1S/C7H6N2O2/c1-9-7(10)6-5(4-8-9)2-3-11-6/h2-4H,1H3. The SMILES string of the molecule is Cn1ncc2ccoc2c1=O. The largest absolute Gasteiger partial charge is 0.458 e. The van der Waals surface area contributed by atoms with Gasteiger partial charge < -0.3 is 4.42 Å². The molecule has 0 atom stereocenters. The van der Waals surface area contributed by atoms with Crippen LogP contribution >= 0.6 is 0 Å². The fourth-order valence-corrected chi connectivity index (χ4v) is 0.943. The van der Waals surface area contributed by atoms with E-state index in [1.165, 1.54) is 10.9 Å².